The van der Waals surface area contributed by atoms with Gasteiger partial charge in [-0.15, -0.1) is 0 Å². The van der Waals surface area contributed by atoms with Crippen molar-refractivity contribution >= 4 is 15.9 Å². The fraction of sp³-hybridized carbons (Fsp3) is 0.294. The van der Waals surface area contributed by atoms with Gasteiger partial charge in [0.05, 0.1) is 0 Å². The number of hydrogen-bond acceptors (Lipinski definition) is 2. The standard InChI is InChI=1S/C17H21BrN2/c1-20(13-16-3-2-4-17(18)11-16)12-15-7-5-14(6-8-15)9-10-19/h2-8,11H,9-10,12-13,19H2,1H3. The molecule has 2 aromatic rings. The highest BCUT2D eigenvalue weighted by molar-refractivity contribution is 9.10. The van der Waals surface area contributed by atoms with Crippen molar-refractivity contribution in [1.29, 1.82) is 0 Å². The number of hydrogen-bond donors (Lipinski definition) is 1. The van der Waals surface area contributed by atoms with Crippen molar-refractivity contribution in [1.82, 2.24) is 4.90 Å². The molecule has 0 aromatic heterocycles. The van der Waals surface area contributed by atoms with Crippen molar-refractivity contribution in [3.8, 4) is 0 Å². The molecule has 20 heavy (non-hydrogen) atoms. The quantitative estimate of drug-likeness (QED) is 0.875. The molecule has 0 unspecified atom stereocenters. The van der Waals surface area contributed by atoms with Crippen molar-refractivity contribution in [2.45, 2.75) is 19.5 Å². The summed E-state index contributed by atoms with van der Waals surface area (Å²) in [5.74, 6) is 0. The molecule has 0 atom stereocenters. The van der Waals surface area contributed by atoms with Crippen LogP contribution in [0, 0.1) is 0 Å². The molecule has 0 heterocycles. The normalized spacial score (nSPS) is 11.0. The number of nitrogens with two attached hydrogens (primary N) is 1. The van der Waals surface area contributed by atoms with Crippen LogP contribution >= 0.6 is 15.9 Å². The fourth-order valence-electron chi connectivity index (χ4n) is 2.29. The molecule has 106 valence electrons. The van der Waals surface area contributed by atoms with Gasteiger partial charge in [-0.3, -0.25) is 4.90 Å². The lowest BCUT2D eigenvalue weighted by atomic mass is 10.1. The first-order valence-electron chi connectivity index (χ1n) is 6.88. The second kappa shape index (κ2) is 7.58. The first kappa shape index (κ1) is 15.2. The first-order valence-corrected chi connectivity index (χ1v) is 7.67. The minimum atomic E-state index is 0.710. The van der Waals surface area contributed by atoms with Gasteiger partial charge in [0.25, 0.3) is 0 Å². The Kier molecular flexibility index (Phi) is 5.77. The second-order valence-electron chi connectivity index (χ2n) is 5.16. The highest BCUT2D eigenvalue weighted by Gasteiger charge is 2.02. The highest BCUT2D eigenvalue weighted by atomic mass is 79.9. The molecule has 2 rings (SSSR count). The van der Waals surface area contributed by atoms with Crippen molar-refractivity contribution in [2.75, 3.05) is 13.6 Å². The summed E-state index contributed by atoms with van der Waals surface area (Å²) < 4.78 is 1.13. The monoisotopic (exact) mass is 332 g/mol. The molecule has 0 saturated heterocycles. The maximum absolute atomic E-state index is 5.57. The molecular formula is C17H21BrN2. The van der Waals surface area contributed by atoms with Crippen LogP contribution in [0.4, 0.5) is 0 Å². The summed E-state index contributed by atoms with van der Waals surface area (Å²) in [4.78, 5) is 2.32. The number of halogens is 1. The molecule has 0 aliphatic heterocycles. The van der Waals surface area contributed by atoms with Gasteiger partial charge in [-0.25, -0.2) is 0 Å². The molecule has 0 fully saturated rings. The summed E-state index contributed by atoms with van der Waals surface area (Å²) in [6.45, 7) is 2.61. The average molecular weight is 333 g/mol. The zero-order chi connectivity index (χ0) is 14.4. The zero-order valence-electron chi connectivity index (χ0n) is 11.8. The lowest BCUT2D eigenvalue weighted by Crippen LogP contribution is -2.17. The molecular weight excluding hydrogens is 312 g/mol. The Morgan fingerprint density at radius 3 is 2.25 bits per heavy atom. The first-order chi connectivity index (χ1) is 9.67. The van der Waals surface area contributed by atoms with Gasteiger partial charge in [0, 0.05) is 17.6 Å². The maximum atomic E-state index is 5.57. The summed E-state index contributed by atoms with van der Waals surface area (Å²) >= 11 is 3.51. The van der Waals surface area contributed by atoms with Crippen LogP contribution in [0.3, 0.4) is 0 Å². The van der Waals surface area contributed by atoms with E-state index in [4.69, 9.17) is 5.73 Å². The molecule has 2 N–H and O–H groups in total. The molecule has 0 spiro atoms. The molecule has 0 saturated carbocycles. The molecule has 0 amide bonds. The molecule has 3 heteroatoms. The van der Waals surface area contributed by atoms with E-state index in [0.29, 0.717) is 6.54 Å². The lowest BCUT2D eigenvalue weighted by molar-refractivity contribution is 0.319. The Bertz CT molecular complexity index is 537. The molecule has 0 bridgehead atoms. The Balaban J connectivity index is 1.92. The van der Waals surface area contributed by atoms with Gasteiger partial charge >= 0.3 is 0 Å². The maximum Gasteiger partial charge on any atom is 0.0234 e. The zero-order valence-corrected chi connectivity index (χ0v) is 13.4. The minimum Gasteiger partial charge on any atom is -0.330 e. The third-order valence-corrected chi connectivity index (χ3v) is 3.74. The Hall–Kier alpha value is -1.16. The van der Waals surface area contributed by atoms with E-state index in [-0.39, 0.29) is 0 Å². The average Bonchev–Trinajstić information content (AvgIpc) is 2.41. The highest BCUT2D eigenvalue weighted by Crippen LogP contribution is 2.14. The van der Waals surface area contributed by atoms with E-state index in [1.54, 1.807) is 0 Å². The van der Waals surface area contributed by atoms with E-state index >= 15 is 0 Å². The van der Waals surface area contributed by atoms with E-state index in [1.165, 1.54) is 16.7 Å². The second-order valence-corrected chi connectivity index (χ2v) is 6.07. The van der Waals surface area contributed by atoms with Crippen LogP contribution in [-0.4, -0.2) is 18.5 Å². The molecule has 0 radical (unpaired) electrons. The van der Waals surface area contributed by atoms with Crippen molar-refractivity contribution < 1.29 is 0 Å². The molecule has 0 aliphatic rings. The largest absolute Gasteiger partial charge is 0.330 e. The number of rotatable bonds is 6. The summed E-state index contributed by atoms with van der Waals surface area (Å²) in [5.41, 5.74) is 9.53. The summed E-state index contributed by atoms with van der Waals surface area (Å²) in [5, 5.41) is 0. The Morgan fingerprint density at radius 1 is 0.950 bits per heavy atom. The predicted octanol–water partition coefficient (Wildman–Crippen LogP) is 3.58. The fourth-order valence-corrected chi connectivity index (χ4v) is 2.74. The van der Waals surface area contributed by atoms with E-state index in [2.05, 4.69) is 76.4 Å². The van der Waals surface area contributed by atoms with Crippen molar-refractivity contribution in [3.63, 3.8) is 0 Å². The Morgan fingerprint density at radius 2 is 1.60 bits per heavy atom. The summed E-state index contributed by atoms with van der Waals surface area (Å²) in [6.07, 6.45) is 0.953. The molecule has 0 aliphatic carbocycles. The van der Waals surface area contributed by atoms with Gasteiger partial charge in [0.15, 0.2) is 0 Å². The topological polar surface area (TPSA) is 29.3 Å². The van der Waals surface area contributed by atoms with E-state index in [0.717, 1.165) is 24.0 Å². The SMILES string of the molecule is CN(Cc1ccc(CCN)cc1)Cc1cccc(Br)c1. The van der Waals surface area contributed by atoms with Gasteiger partial charge < -0.3 is 5.73 Å². The van der Waals surface area contributed by atoms with Crippen LogP contribution in [0.15, 0.2) is 53.0 Å². The number of benzene rings is 2. The smallest absolute Gasteiger partial charge is 0.0234 e. The van der Waals surface area contributed by atoms with Crippen LogP contribution in [0.1, 0.15) is 16.7 Å². The van der Waals surface area contributed by atoms with Crippen LogP contribution in [0.5, 0.6) is 0 Å². The Labute approximate surface area is 129 Å². The van der Waals surface area contributed by atoms with Crippen LogP contribution in [0.2, 0.25) is 0 Å². The summed E-state index contributed by atoms with van der Waals surface area (Å²) in [7, 11) is 2.15. The van der Waals surface area contributed by atoms with Gasteiger partial charge in [-0.1, -0.05) is 52.3 Å². The van der Waals surface area contributed by atoms with Gasteiger partial charge in [-0.2, -0.15) is 0 Å². The number of nitrogens with zero attached hydrogens (tertiary/aromatic N) is 1. The summed E-state index contributed by atoms with van der Waals surface area (Å²) in [6, 6.07) is 17.2. The van der Waals surface area contributed by atoms with Gasteiger partial charge in [-0.05, 0) is 48.8 Å². The van der Waals surface area contributed by atoms with Gasteiger partial charge in [0.2, 0.25) is 0 Å². The minimum absolute atomic E-state index is 0.710. The van der Waals surface area contributed by atoms with E-state index < -0.39 is 0 Å². The van der Waals surface area contributed by atoms with Crippen LogP contribution in [-0.2, 0) is 19.5 Å². The lowest BCUT2D eigenvalue weighted by Gasteiger charge is -2.17. The van der Waals surface area contributed by atoms with Gasteiger partial charge in [0.1, 0.15) is 0 Å². The molecule has 2 aromatic carbocycles. The third-order valence-electron chi connectivity index (χ3n) is 3.25. The van der Waals surface area contributed by atoms with E-state index in [9.17, 15) is 0 Å². The van der Waals surface area contributed by atoms with Crippen molar-refractivity contribution in [2.24, 2.45) is 5.73 Å². The van der Waals surface area contributed by atoms with Crippen LogP contribution < -0.4 is 5.73 Å². The third kappa shape index (κ3) is 4.75. The van der Waals surface area contributed by atoms with Crippen molar-refractivity contribution in [3.05, 3.63) is 69.7 Å². The molecule has 2 nitrogen and oxygen atoms in total. The van der Waals surface area contributed by atoms with Crippen LogP contribution in [0.25, 0.3) is 0 Å². The van der Waals surface area contributed by atoms with E-state index in [1.807, 2.05) is 0 Å². The predicted molar refractivity (Wildman–Crippen MR) is 88.5 cm³/mol.